The van der Waals surface area contributed by atoms with Crippen LogP contribution in [0.25, 0.3) is 11.0 Å². The minimum Gasteiger partial charge on any atom is -0.345 e. The van der Waals surface area contributed by atoms with Crippen LogP contribution < -0.4 is 0 Å². The highest BCUT2D eigenvalue weighted by molar-refractivity contribution is 5.79. The van der Waals surface area contributed by atoms with E-state index in [0.717, 1.165) is 11.0 Å². The van der Waals surface area contributed by atoms with Gasteiger partial charge in [0.2, 0.25) is 0 Å². The van der Waals surface area contributed by atoms with Crippen LogP contribution in [0.1, 0.15) is 25.3 Å². The van der Waals surface area contributed by atoms with Gasteiger partial charge >= 0.3 is 0 Å². The quantitative estimate of drug-likeness (QED) is 0.703. The Morgan fingerprint density at radius 2 is 2.23 bits per heavy atom. The Morgan fingerprint density at radius 3 is 3.00 bits per heavy atom. The summed E-state index contributed by atoms with van der Waals surface area (Å²) in [5.74, 6) is 0. The van der Waals surface area contributed by atoms with Gasteiger partial charge in [-0.2, -0.15) is 0 Å². The van der Waals surface area contributed by atoms with Crippen LogP contribution in [0.2, 0.25) is 0 Å². The van der Waals surface area contributed by atoms with Crippen LogP contribution in [0.15, 0.2) is 24.5 Å². The molecule has 1 heterocycles. The van der Waals surface area contributed by atoms with Gasteiger partial charge in [-0.15, -0.1) is 0 Å². The molecule has 2 heteroatoms. The molecule has 13 heavy (non-hydrogen) atoms. The fourth-order valence-corrected chi connectivity index (χ4v) is 1.91. The summed E-state index contributed by atoms with van der Waals surface area (Å²) in [6.07, 6.45) is 4.39. The van der Waals surface area contributed by atoms with Gasteiger partial charge in [-0.3, -0.25) is 0 Å². The van der Waals surface area contributed by atoms with Crippen molar-refractivity contribution in [3.63, 3.8) is 0 Å². The van der Waals surface area contributed by atoms with E-state index >= 15 is 0 Å². The lowest BCUT2D eigenvalue weighted by molar-refractivity contribution is 0.794. The number of hydrogen-bond acceptors (Lipinski definition) is 1. The molecule has 0 radical (unpaired) electrons. The topological polar surface area (TPSA) is 28.7 Å². The zero-order valence-electron chi connectivity index (χ0n) is 7.67. The van der Waals surface area contributed by atoms with Crippen LogP contribution in [-0.4, -0.2) is 9.97 Å². The minimum atomic E-state index is 0.411. The lowest BCUT2D eigenvalue weighted by Crippen LogP contribution is -2.00. The number of fused-ring (bicyclic) bond motifs is 1. The van der Waals surface area contributed by atoms with Gasteiger partial charge in [-0.05, 0) is 29.9 Å². The van der Waals surface area contributed by atoms with Crippen LogP contribution >= 0.6 is 0 Å². The second kappa shape index (κ2) is 2.13. The van der Waals surface area contributed by atoms with E-state index in [0.29, 0.717) is 5.41 Å². The van der Waals surface area contributed by atoms with Gasteiger partial charge in [-0.25, -0.2) is 4.98 Å². The number of H-pyrrole nitrogens is 1. The van der Waals surface area contributed by atoms with E-state index in [1.807, 2.05) is 0 Å². The Kier molecular flexibility index (Phi) is 1.17. The first-order valence-corrected chi connectivity index (χ1v) is 4.72. The largest absolute Gasteiger partial charge is 0.345 e. The van der Waals surface area contributed by atoms with Gasteiger partial charge in [0.05, 0.1) is 17.4 Å². The molecule has 66 valence electrons. The SMILES string of the molecule is CC1(c2cccc3[nH]cnc23)CC1. The maximum Gasteiger partial charge on any atom is 0.0931 e. The lowest BCUT2D eigenvalue weighted by atomic mass is 9.97. The van der Waals surface area contributed by atoms with Gasteiger partial charge in [0.1, 0.15) is 0 Å². The Hall–Kier alpha value is -1.31. The third kappa shape index (κ3) is 0.916. The maximum atomic E-state index is 4.37. The van der Waals surface area contributed by atoms with E-state index in [-0.39, 0.29) is 0 Å². The predicted octanol–water partition coefficient (Wildman–Crippen LogP) is 2.61. The zero-order valence-corrected chi connectivity index (χ0v) is 7.67. The highest BCUT2D eigenvalue weighted by Crippen LogP contribution is 2.49. The number of imidazole rings is 1. The average Bonchev–Trinajstić information content (AvgIpc) is 2.72. The second-order valence-electron chi connectivity index (χ2n) is 4.16. The van der Waals surface area contributed by atoms with E-state index in [2.05, 4.69) is 35.1 Å². The van der Waals surface area contributed by atoms with Crippen molar-refractivity contribution < 1.29 is 0 Å². The minimum absolute atomic E-state index is 0.411. The zero-order chi connectivity index (χ0) is 8.89. The van der Waals surface area contributed by atoms with Crippen LogP contribution in [-0.2, 0) is 5.41 Å². The molecular formula is C11H12N2. The molecule has 0 bridgehead atoms. The first-order valence-electron chi connectivity index (χ1n) is 4.72. The van der Waals surface area contributed by atoms with Crippen molar-refractivity contribution in [3.8, 4) is 0 Å². The number of aromatic nitrogens is 2. The van der Waals surface area contributed by atoms with Gasteiger partial charge in [0, 0.05) is 0 Å². The molecule has 0 aliphatic heterocycles. The molecule has 1 aliphatic rings. The number of aromatic amines is 1. The summed E-state index contributed by atoms with van der Waals surface area (Å²) in [6, 6.07) is 6.40. The molecule has 0 unspecified atom stereocenters. The molecule has 0 amide bonds. The molecule has 1 aromatic heterocycles. The smallest absolute Gasteiger partial charge is 0.0931 e. The first kappa shape index (κ1) is 7.13. The van der Waals surface area contributed by atoms with Crippen LogP contribution in [0.5, 0.6) is 0 Å². The molecule has 1 N–H and O–H groups in total. The van der Waals surface area contributed by atoms with E-state index in [4.69, 9.17) is 0 Å². The third-order valence-electron chi connectivity index (χ3n) is 3.10. The summed E-state index contributed by atoms with van der Waals surface area (Å²) in [4.78, 5) is 7.52. The number of rotatable bonds is 1. The third-order valence-corrected chi connectivity index (χ3v) is 3.10. The van der Waals surface area contributed by atoms with Gasteiger partial charge in [0.15, 0.2) is 0 Å². The summed E-state index contributed by atoms with van der Waals surface area (Å²) in [5, 5.41) is 0. The lowest BCUT2D eigenvalue weighted by Gasteiger charge is -2.08. The van der Waals surface area contributed by atoms with Crippen molar-refractivity contribution in [2.75, 3.05) is 0 Å². The molecule has 0 saturated heterocycles. The normalized spacial score (nSPS) is 19.2. The van der Waals surface area contributed by atoms with E-state index in [1.54, 1.807) is 6.33 Å². The molecule has 1 aliphatic carbocycles. The van der Waals surface area contributed by atoms with E-state index < -0.39 is 0 Å². The first-order chi connectivity index (χ1) is 6.30. The summed E-state index contributed by atoms with van der Waals surface area (Å²) in [6.45, 7) is 2.32. The molecular weight excluding hydrogens is 160 g/mol. The van der Waals surface area contributed by atoms with Gasteiger partial charge in [-0.1, -0.05) is 19.1 Å². The standard InChI is InChI=1S/C11H12N2/c1-11(5-6-11)8-3-2-4-9-10(8)13-7-12-9/h2-4,7H,5-6H2,1H3,(H,12,13). The number of para-hydroxylation sites is 1. The molecule has 1 fully saturated rings. The Bertz CT molecular complexity index is 452. The van der Waals surface area contributed by atoms with Gasteiger partial charge < -0.3 is 4.98 Å². The van der Waals surface area contributed by atoms with E-state index in [9.17, 15) is 0 Å². The number of benzene rings is 1. The molecule has 1 aromatic carbocycles. The molecule has 2 nitrogen and oxygen atoms in total. The Balaban J connectivity index is 2.33. The van der Waals surface area contributed by atoms with Gasteiger partial charge in [0.25, 0.3) is 0 Å². The highest BCUT2D eigenvalue weighted by atomic mass is 14.9. The molecule has 0 spiro atoms. The monoisotopic (exact) mass is 172 g/mol. The summed E-state index contributed by atoms with van der Waals surface area (Å²) >= 11 is 0. The highest BCUT2D eigenvalue weighted by Gasteiger charge is 2.40. The van der Waals surface area contributed by atoms with Crippen molar-refractivity contribution in [2.24, 2.45) is 0 Å². The molecule has 1 saturated carbocycles. The number of nitrogens with zero attached hydrogens (tertiary/aromatic N) is 1. The van der Waals surface area contributed by atoms with Crippen LogP contribution in [0.3, 0.4) is 0 Å². The summed E-state index contributed by atoms with van der Waals surface area (Å²) in [5.41, 5.74) is 4.13. The van der Waals surface area contributed by atoms with Crippen LogP contribution in [0, 0.1) is 0 Å². The fraction of sp³-hybridized carbons (Fsp3) is 0.364. The molecule has 0 atom stereocenters. The van der Waals surface area contributed by atoms with Crippen molar-refractivity contribution in [3.05, 3.63) is 30.1 Å². The van der Waals surface area contributed by atoms with Crippen LogP contribution in [0.4, 0.5) is 0 Å². The van der Waals surface area contributed by atoms with Crippen molar-refractivity contribution in [1.29, 1.82) is 0 Å². The summed E-state index contributed by atoms with van der Waals surface area (Å²) < 4.78 is 0. The van der Waals surface area contributed by atoms with E-state index in [1.165, 1.54) is 18.4 Å². The second-order valence-corrected chi connectivity index (χ2v) is 4.16. The molecule has 3 rings (SSSR count). The predicted molar refractivity (Wildman–Crippen MR) is 52.7 cm³/mol. The average molecular weight is 172 g/mol. The molecule has 2 aromatic rings. The van der Waals surface area contributed by atoms with Crippen molar-refractivity contribution in [2.45, 2.75) is 25.2 Å². The van der Waals surface area contributed by atoms with Crippen molar-refractivity contribution in [1.82, 2.24) is 9.97 Å². The summed E-state index contributed by atoms with van der Waals surface area (Å²) in [7, 11) is 0. The fourth-order valence-electron chi connectivity index (χ4n) is 1.91. The Labute approximate surface area is 77.0 Å². The van der Waals surface area contributed by atoms with Crippen molar-refractivity contribution >= 4 is 11.0 Å². The maximum absolute atomic E-state index is 4.37. The Morgan fingerprint density at radius 1 is 1.38 bits per heavy atom. The number of hydrogen-bond donors (Lipinski definition) is 1. The number of nitrogens with one attached hydrogen (secondary N) is 1.